The Morgan fingerprint density at radius 3 is 2.78 bits per heavy atom. The third kappa shape index (κ3) is 2.60. The molecule has 18 heavy (non-hydrogen) atoms. The monoisotopic (exact) mass is 283 g/mol. The zero-order valence-corrected chi connectivity index (χ0v) is 11.5. The predicted molar refractivity (Wildman–Crippen MR) is 71.0 cm³/mol. The molecular formula is C13H11ClFNOS. The zero-order valence-electron chi connectivity index (χ0n) is 9.96. The Morgan fingerprint density at radius 2 is 2.17 bits per heavy atom. The van der Waals surface area contributed by atoms with Crippen LogP contribution in [-0.4, -0.2) is 10.8 Å². The molecular weight excluding hydrogens is 273 g/mol. The second-order valence-corrected chi connectivity index (χ2v) is 5.62. The Balaban J connectivity index is 2.24. The topological polar surface area (TPSA) is 30.0 Å². The molecule has 94 valence electrons. The number of aryl methyl sites for hydroxylation is 2. The first-order valence-corrected chi connectivity index (χ1v) is 6.58. The van der Waals surface area contributed by atoms with Crippen molar-refractivity contribution >= 4 is 28.7 Å². The molecule has 0 aliphatic carbocycles. The van der Waals surface area contributed by atoms with Gasteiger partial charge in [0.2, 0.25) is 0 Å². The van der Waals surface area contributed by atoms with Gasteiger partial charge in [-0.1, -0.05) is 17.7 Å². The standard InChI is InChI=1S/C13H11ClFNOS/c1-7-8(2)18-12(16-7)6-11(17)9-4-3-5-10(15)13(9)14/h3-5H,6H2,1-2H3. The summed E-state index contributed by atoms with van der Waals surface area (Å²) in [5.41, 5.74) is 1.13. The van der Waals surface area contributed by atoms with Crippen LogP contribution in [0, 0.1) is 19.7 Å². The van der Waals surface area contributed by atoms with Crippen molar-refractivity contribution in [2.24, 2.45) is 0 Å². The van der Waals surface area contributed by atoms with E-state index in [1.165, 1.54) is 29.5 Å². The van der Waals surface area contributed by atoms with E-state index in [9.17, 15) is 9.18 Å². The quantitative estimate of drug-likeness (QED) is 0.798. The fraction of sp³-hybridized carbons (Fsp3) is 0.231. The van der Waals surface area contributed by atoms with Crippen LogP contribution in [0.4, 0.5) is 4.39 Å². The molecule has 0 unspecified atom stereocenters. The van der Waals surface area contributed by atoms with Crippen LogP contribution >= 0.6 is 22.9 Å². The molecule has 2 aromatic rings. The second-order valence-electron chi connectivity index (χ2n) is 3.95. The van der Waals surface area contributed by atoms with Crippen molar-refractivity contribution in [3.8, 4) is 0 Å². The van der Waals surface area contributed by atoms with Crippen molar-refractivity contribution in [1.29, 1.82) is 0 Å². The number of rotatable bonds is 3. The highest BCUT2D eigenvalue weighted by Crippen LogP contribution is 2.23. The summed E-state index contributed by atoms with van der Waals surface area (Å²) >= 11 is 7.26. The van der Waals surface area contributed by atoms with Crippen LogP contribution in [0.15, 0.2) is 18.2 Å². The first-order chi connectivity index (χ1) is 8.49. The summed E-state index contributed by atoms with van der Waals surface area (Å²) < 4.78 is 13.2. The molecule has 1 aromatic carbocycles. The van der Waals surface area contributed by atoms with E-state index in [4.69, 9.17) is 11.6 Å². The third-order valence-corrected chi connectivity index (χ3v) is 4.09. The molecule has 0 bridgehead atoms. The normalized spacial score (nSPS) is 10.7. The van der Waals surface area contributed by atoms with Crippen LogP contribution in [-0.2, 0) is 6.42 Å². The molecule has 2 nitrogen and oxygen atoms in total. The van der Waals surface area contributed by atoms with Gasteiger partial charge in [-0.05, 0) is 26.0 Å². The minimum absolute atomic E-state index is 0.118. The van der Waals surface area contributed by atoms with Gasteiger partial charge in [0.25, 0.3) is 0 Å². The highest BCUT2D eigenvalue weighted by Gasteiger charge is 2.16. The fourth-order valence-electron chi connectivity index (χ4n) is 1.57. The Labute approximate surface area is 113 Å². The lowest BCUT2D eigenvalue weighted by molar-refractivity contribution is 0.0992. The molecule has 0 fully saturated rings. The number of hydrogen-bond acceptors (Lipinski definition) is 3. The minimum atomic E-state index is -0.575. The molecule has 0 spiro atoms. The van der Waals surface area contributed by atoms with Crippen molar-refractivity contribution in [3.63, 3.8) is 0 Å². The molecule has 0 aliphatic rings. The van der Waals surface area contributed by atoms with E-state index < -0.39 is 5.82 Å². The van der Waals surface area contributed by atoms with Crippen LogP contribution in [0.5, 0.6) is 0 Å². The van der Waals surface area contributed by atoms with Gasteiger partial charge in [-0.15, -0.1) is 11.3 Å². The summed E-state index contributed by atoms with van der Waals surface area (Å²) in [5, 5.41) is 0.614. The Bertz CT molecular complexity index is 590. The summed E-state index contributed by atoms with van der Waals surface area (Å²) in [6, 6.07) is 4.24. The van der Waals surface area contributed by atoms with E-state index in [0.29, 0.717) is 0 Å². The first kappa shape index (κ1) is 13.2. The van der Waals surface area contributed by atoms with Gasteiger partial charge in [-0.3, -0.25) is 4.79 Å². The molecule has 0 atom stereocenters. The summed E-state index contributed by atoms with van der Waals surface area (Å²) in [6.45, 7) is 3.85. The van der Waals surface area contributed by atoms with Crippen molar-refractivity contribution < 1.29 is 9.18 Å². The highest BCUT2D eigenvalue weighted by molar-refractivity contribution is 7.11. The first-order valence-electron chi connectivity index (χ1n) is 5.39. The summed E-state index contributed by atoms with van der Waals surface area (Å²) in [5.74, 6) is -0.790. The summed E-state index contributed by atoms with van der Waals surface area (Å²) in [4.78, 5) is 17.4. The number of ketones is 1. The minimum Gasteiger partial charge on any atom is -0.294 e. The lowest BCUT2D eigenvalue weighted by atomic mass is 10.1. The van der Waals surface area contributed by atoms with Crippen molar-refractivity contribution in [3.05, 3.63) is 50.2 Å². The number of halogens is 2. The zero-order chi connectivity index (χ0) is 13.3. The van der Waals surface area contributed by atoms with Crippen molar-refractivity contribution in [1.82, 2.24) is 4.98 Å². The Morgan fingerprint density at radius 1 is 1.44 bits per heavy atom. The molecule has 1 aromatic heterocycles. The van der Waals surface area contributed by atoms with Gasteiger partial charge in [0, 0.05) is 10.4 Å². The molecule has 1 heterocycles. The second kappa shape index (κ2) is 5.16. The molecule has 0 aliphatic heterocycles. The number of hydrogen-bond donors (Lipinski definition) is 0. The van der Waals surface area contributed by atoms with Gasteiger partial charge in [0.05, 0.1) is 17.1 Å². The van der Waals surface area contributed by atoms with E-state index >= 15 is 0 Å². The Hall–Kier alpha value is -1.26. The lowest BCUT2D eigenvalue weighted by Crippen LogP contribution is -2.05. The van der Waals surface area contributed by atoms with Crippen LogP contribution in [0.3, 0.4) is 0 Å². The van der Waals surface area contributed by atoms with E-state index in [0.717, 1.165) is 15.6 Å². The van der Waals surface area contributed by atoms with Crippen LogP contribution in [0.1, 0.15) is 25.9 Å². The van der Waals surface area contributed by atoms with Crippen LogP contribution in [0.2, 0.25) is 5.02 Å². The van der Waals surface area contributed by atoms with Gasteiger partial charge in [-0.25, -0.2) is 9.37 Å². The number of thiazole rings is 1. The van der Waals surface area contributed by atoms with Crippen LogP contribution in [0.25, 0.3) is 0 Å². The molecule has 2 rings (SSSR count). The van der Waals surface area contributed by atoms with Gasteiger partial charge >= 0.3 is 0 Å². The summed E-state index contributed by atoms with van der Waals surface area (Å²) in [7, 11) is 0. The maximum absolute atomic E-state index is 13.2. The van der Waals surface area contributed by atoms with E-state index in [2.05, 4.69) is 4.98 Å². The predicted octanol–water partition coefficient (Wildman–Crippen LogP) is 3.98. The van der Waals surface area contributed by atoms with E-state index in [1.807, 2.05) is 13.8 Å². The maximum atomic E-state index is 13.2. The molecule has 0 saturated heterocycles. The third-order valence-electron chi connectivity index (χ3n) is 2.64. The molecule has 0 saturated carbocycles. The van der Waals surface area contributed by atoms with Gasteiger partial charge in [-0.2, -0.15) is 0 Å². The van der Waals surface area contributed by atoms with Crippen molar-refractivity contribution in [2.45, 2.75) is 20.3 Å². The SMILES string of the molecule is Cc1nc(CC(=O)c2cccc(F)c2Cl)sc1C. The number of benzene rings is 1. The number of carbonyl (C=O) groups excluding carboxylic acids is 1. The number of nitrogens with zero attached hydrogens (tertiary/aromatic N) is 1. The number of carbonyl (C=O) groups is 1. The van der Waals surface area contributed by atoms with Crippen molar-refractivity contribution in [2.75, 3.05) is 0 Å². The smallest absolute Gasteiger partial charge is 0.171 e. The van der Waals surface area contributed by atoms with Gasteiger partial charge < -0.3 is 0 Å². The maximum Gasteiger partial charge on any atom is 0.171 e. The molecule has 0 N–H and O–H groups in total. The lowest BCUT2D eigenvalue weighted by Gasteiger charge is -2.02. The van der Waals surface area contributed by atoms with Crippen LogP contribution < -0.4 is 0 Å². The molecule has 0 amide bonds. The highest BCUT2D eigenvalue weighted by atomic mass is 35.5. The number of Topliss-reactive ketones (excluding diaryl/α,β-unsaturated/α-hetero) is 1. The van der Waals surface area contributed by atoms with E-state index in [1.54, 1.807) is 0 Å². The Kier molecular flexibility index (Phi) is 3.78. The molecule has 5 heteroatoms. The molecule has 0 radical (unpaired) electrons. The average Bonchev–Trinajstić information content (AvgIpc) is 2.61. The average molecular weight is 284 g/mol. The van der Waals surface area contributed by atoms with Gasteiger partial charge in [0.1, 0.15) is 10.8 Å². The largest absolute Gasteiger partial charge is 0.294 e. The summed E-state index contributed by atoms with van der Waals surface area (Å²) in [6.07, 6.45) is 0.155. The number of aromatic nitrogens is 1. The fourth-order valence-corrected chi connectivity index (χ4v) is 2.73. The van der Waals surface area contributed by atoms with E-state index in [-0.39, 0.29) is 22.8 Å². The van der Waals surface area contributed by atoms with Gasteiger partial charge in [0.15, 0.2) is 5.78 Å².